The lowest BCUT2D eigenvalue weighted by Gasteiger charge is -2.35. The maximum atomic E-state index is 12.1. The molecule has 0 aliphatic carbocycles. The van der Waals surface area contributed by atoms with Gasteiger partial charge in [-0.05, 0) is 18.8 Å². The summed E-state index contributed by atoms with van der Waals surface area (Å²) < 4.78 is 0. The average Bonchev–Trinajstić information content (AvgIpc) is 2.68. The Bertz CT molecular complexity index is 272. The van der Waals surface area contributed by atoms with Crippen LogP contribution in [0.4, 0.5) is 0 Å². The summed E-state index contributed by atoms with van der Waals surface area (Å²) in [6.07, 6.45) is 0.474. The minimum Gasteiger partial charge on any atom is -0.393 e. The molecule has 0 radical (unpaired) electrons. The van der Waals surface area contributed by atoms with Gasteiger partial charge in [-0.2, -0.15) is 0 Å². The molecule has 4 atom stereocenters. The maximum absolute atomic E-state index is 12.1. The number of piperidine rings is 1. The summed E-state index contributed by atoms with van der Waals surface area (Å²) in [6.45, 7) is 3.70. The Labute approximate surface area is 95.4 Å². The number of β-amino-alcohol motifs (C(OH)–C–C–N with tert-alkyl or cyclic N) is 1. The number of aliphatic hydroxyl groups excluding tert-OH is 2. The number of nitrogens with one attached hydrogen (secondary N) is 1. The zero-order valence-corrected chi connectivity index (χ0v) is 9.59. The Kier molecular flexibility index (Phi) is 3.47. The fraction of sp³-hybridized carbons (Fsp3) is 0.909. The van der Waals surface area contributed by atoms with E-state index in [-0.39, 0.29) is 24.0 Å². The fourth-order valence-electron chi connectivity index (χ4n) is 2.46. The molecule has 5 nitrogen and oxygen atoms in total. The van der Waals surface area contributed by atoms with Crippen LogP contribution in [-0.4, -0.2) is 58.9 Å². The second-order valence-corrected chi connectivity index (χ2v) is 4.97. The van der Waals surface area contributed by atoms with Crippen molar-refractivity contribution in [1.29, 1.82) is 0 Å². The van der Waals surface area contributed by atoms with E-state index < -0.39 is 6.10 Å². The molecule has 0 aromatic rings. The fourth-order valence-corrected chi connectivity index (χ4v) is 2.46. The normalized spacial score (nSPS) is 40.1. The molecular weight excluding hydrogens is 208 g/mol. The van der Waals surface area contributed by atoms with Crippen molar-refractivity contribution in [2.24, 2.45) is 5.92 Å². The number of likely N-dealkylation sites (tertiary alicyclic amines) is 1. The van der Waals surface area contributed by atoms with Gasteiger partial charge in [0.2, 0.25) is 5.91 Å². The van der Waals surface area contributed by atoms with Gasteiger partial charge in [-0.3, -0.25) is 4.79 Å². The molecule has 16 heavy (non-hydrogen) atoms. The zero-order valence-electron chi connectivity index (χ0n) is 9.59. The number of rotatable bonds is 1. The van der Waals surface area contributed by atoms with Crippen molar-refractivity contribution in [2.45, 2.75) is 38.0 Å². The minimum atomic E-state index is -0.401. The van der Waals surface area contributed by atoms with Crippen molar-refractivity contribution in [3.63, 3.8) is 0 Å². The second-order valence-electron chi connectivity index (χ2n) is 4.97. The Hall–Kier alpha value is -0.650. The molecule has 2 fully saturated rings. The molecule has 2 rings (SSSR count). The summed E-state index contributed by atoms with van der Waals surface area (Å²) >= 11 is 0. The summed E-state index contributed by atoms with van der Waals surface area (Å²) in [5, 5.41) is 22.0. The van der Waals surface area contributed by atoms with Gasteiger partial charge >= 0.3 is 0 Å². The molecule has 4 unspecified atom stereocenters. The predicted octanol–water partition coefficient (Wildman–Crippen LogP) is -1.06. The van der Waals surface area contributed by atoms with Gasteiger partial charge < -0.3 is 20.4 Å². The van der Waals surface area contributed by atoms with E-state index in [4.69, 9.17) is 0 Å². The van der Waals surface area contributed by atoms with Crippen molar-refractivity contribution in [2.75, 3.05) is 19.6 Å². The molecule has 0 bridgehead atoms. The van der Waals surface area contributed by atoms with Crippen LogP contribution in [0.5, 0.6) is 0 Å². The van der Waals surface area contributed by atoms with Gasteiger partial charge in [0.05, 0.1) is 18.2 Å². The smallest absolute Gasteiger partial charge is 0.239 e. The summed E-state index contributed by atoms with van der Waals surface area (Å²) in [7, 11) is 0. The first kappa shape index (κ1) is 11.8. The minimum absolute atomic E-state index is 0.0651. The first-order valence-electron chi connectivity index (χ1n) is 5.96. The zero-order chi connectivity index (χ0) is 11.7. The lowest BCUT2D eigenvalue weighted by Crippen LogP contribution is -2.50. The van der Waals surface area contributed by atoms with Gasteiger partial charge in [-0.25, -0.2) is 0 Å². The number of aliphatic hydroxyl groups is 2. The topological polar surface area (TPSA) is 72.8 Å². The molecule has 1 amide bonds. The number of hydrogen-bond donors (Lipinski definition) is 3. The third-order valence-corrected chi connectivity index (χ3v) is 3.58. The van der Waals surface area contributed by atoms with Crippen LogP contribution in [0.3, 0.4) is 0 Å². The standard InChI is InChI=1S/C11H20N2O3/c1-7-6-13(3-2-10(7)15)11(16)9-4-8(14)5-12-9/h7-10,12,14-15H,2-6H2,1H3. The first-order chi connectivity index (χ1) is 7.58. The van der Waals surface area contributed by atoms with Crippen LogP contribution in [0.15, 0.2) is 0 Å². The van der Waals surface area contributed by atoms with Crippen LogP contribution in [0.1, 0.15) is 19.8 Å². The van der Waals surface area contributed by atoms with Crippen molar-refractivity contribution >= 4 is 5.91 Å². The van der Waals surface area contributed by atoms with E-state index >= 15 is 0 Å². The monoisotopic (exact) mass is 228 g/mol. The van der Waals surface area contributed by atoms with Crippen LogP contribution in [-0.2, 0) is 4.79 Å². The quantitative estimate of drug-likeness (QED) is 0.535. The molecule has 0 aromatic carbocycles. The van der Waals surface area contributed by atoms with E-state index in [1.54, 1.807) is 4.90 Å². The van der Waals surface area contributed by atoms with Crippen molar-refractivity contribution in [3.05, 3.63) is 0 Å². The average molecular weight is 228 g/mol. The van der Waals surface area contributed by atoms with E-state index in [2.05, 4.69) is 5.32 Å². The van der Waals surface area contributed by atoms with E-state index in [0.717, 1.165) is 0 Å². The molecule has 2 aliphatic rings. The van der Waals surface area contributed by atoms with Crippen LogP contribution in [0.25, 0.3) is 0 Å². The van der Waals surface area contributed by atoms with E-state index in [1.807, 2.05) is 6.92 Å². The third-order valence-electron chi connectivity index (χ3n) is 3.58. The molecule has 2 saturated heterocycles. The van der Waals surface area contributed by atoms with E-state index in [0.29, 0.717) is 32.5 Å². The van der Waals surface area contributed by atoms with Crippen LogP contribution in [0.2, 0.25) is 0 Å². The highest BCUT2D eigenvalue weighted by Gasteiger charge is 2.34. The Balaban J connectivity index is 1.90. The van der Waals surface area contributed by atoms with Crippen molar-refractivity contribution in [1.82, 2.24) is 10.2 Å². The lowest BCUT2D eigenvalue weighted by molar-refractivity contribution is -0.136. The van der Waals surface area contributed by atoms with Gasteiger partial charge in [0.25, 0.3) is 0 Å². The molecule has 2 heterocycles. The number of hydrogen-bond acceptors (Lipinski definition) is 4. The van der Waals surface area contributed by atoms with Gasteiger partial charge in [0.15, 0.2) is 0 Å². The molecule has 0 aromatic heterocycles. The van der Waals surface area contributed by atoms with Gasteiger partial charge in [0.1, 0.15) is 0 Å². The highest BCUT2D eigenvalue weighted by atomic mass is 16.3. The summed E-state index contributed by atoms with van der Waals surface area (Å²) in [4.78, 5) is 13.9. The van der Waals surface area contributed by atoms with Crippen LogP contribution >= 0.6 is 0 Å². The lowest BCUT2D eigenvalue weighted by atomic mass is 9.96. The summed E-state index contributed by atoms with van der Waals surface area (Å²) in [5.41, 5.74) is 0. The second kappa shape index (κ2) is 4.69. The molecule has 3 N–H and O–H groups in total. The Morgan fingerprint density at radius 1 is 1.44 bits per heavy atom. The Morgan fingerprint density at radius 3 is 2.75 bits per heavy atom. The molecule has 0 spiro atoms. The molecule has 5 heteroatoms. The number of carbonyl (C=O) groups excluding carboxylic acids is 1. The summed E-state index contributed by atoms with van der Waals surface area (Å²) in [5.74, 6) is 0.208. The largest absolute Gasteiger partial charge is 0.393 e. The van der Waals surface area contributed by atoms with Crippen LogP contribution in [0, 0.1) is 5.92 Å². The number of carbonyl (C=O) groups is 1. The van der Waals surface area contributed by atoms with Gasteiger partial charge in [-0.15, -0.1) is 0 Å². The van der Waals surface area contributed by atoms with E-state index in [9.17, 15) is 15.0 Å². The van der Waals surface area contributed by atoms with E-state index in [1.165, 1.54) is 0 Å². The van der Waals surface area contributed by atoms with Crippen molar-refractivity contribution < 1.29 is 15.0 Å². The highest BCUT2D eigenvalue weighted by molar-refractivity contribution is 5.82. The van der Waals surface area contributed by atoms with Crippen molar-refractivity contribution in [3.8, 4) is 0 Å². The first-order valence-corrected chi connectivity index (χ1v) is 5.96. The maximum Gasteiger partial charge on any atom is 0.239 e. The number of amides is 1. The molecule has 0 saturated carbocycles. The number of nitrogens with zero attached hydrogens (tertiary/aromatic N) is 1. The van der Waals surface area contributed by atoms with Gasteiger partial charge in [-0.1, -0.05) is 6.92 Å². The van der Waals surface area contributed by atoms with Gasteiger partial charge in [0, 0.05) is 19.6 Å². The highest BCUT2D eigenvalue weighted by Crippen LogP contribution is 2.19. The molecule has 2 aliphatic heterocycles. The van der Waals surface area contributed by atoms with Crippen LogP contribution < -0.4 is 5.32 Å². The molecule has 92 valence electrons. The molecular formula is C11H20N2O3. The SMILES string of the molecule is CC1CN(C(=O)C2CC(O)CN2)CCC1O. The Morgan fingerprint density at radius 2 is 2.19 bits per heavy atom. The predicted molar refractivity (Wildman–Crippen MR) is 58.8 cm³/mol. The summed E-state index contributed by atoms with van der Waals surface area (Å²) in [6, 6.07) is -0.238. The third kappa shape index (κ3) is 2.36.